The molecule has 3 rings (SSSR count). The topological polar surface area (TPSA) is 104 Å². The Bertz CT molecular complexity index is 977. The maximum absolute atomic E-state index is 12.8. The van der Waals surface area contributed by atoms with E-state index in [4.69, 9.17) is 4.74 Å². The highest BCUT2D eigenvalue weighted by atomic mass is 16.5. The molecule has 1 saturated heterocycles. The number of benzene rings is 1. The van der Waals surface area contributed by atoms with Crippen molar-refractivity contribution in [2.45, 2.75) is 20.3 Å². The van der Waals surface area contributed by atoms with Crippen LogP contribution in [0.3, 0.4) is 0 Å². The quantitative estimate of drug-likeness (QED) is 0.695. The van der Waals surface area contributed by atoms with E-state index >= 15 is 0 Å². The van der Waals surface area contributed by atoms with Gasteiger partial charge < -0.3 is 25.2 Å². The number of carbonyl (C=O) groups is 3. The molecule has 1 aliphatic rings. The summed E-state index contributed by atoms with van der Waals surface area (Å²) in [5, 5.41) is 5.54. The molecule has 170 valence electrons. The van der Waals surface area contributed by atoms with Crippen molar-refractivity contribution in [2.75, 3.05) is 50.1 Å². The molecular weight excluding hydrogens is 410 g/mol. The Hall–Kier alpha value is -3.62. The second-order valence-corrected chi connectivity index (χ2v) is 7.49. The number of amides is 3. The van der Waals surface area contributed by atoms with Crippen LogP contribution in [0.1, 0.15) is 39.6 Å². The first-order chi connectivity index (χ1) is 15.4. The first-order valence-corrected chi connectivity index (χ1v) is 10.7. The van der Waals surface area contributed by atoms with Gasteiger partial charge in [0.05, 0.1) is 12.2 Å². The normalized spacial score (nSPS) is 13.8. The Morgan fingerprint density at radius 1 is 1.06 bits per heavy atom. The number of hydrogen-bond acceptors (Lipinski definition) is 6. The summed E-state index contributed by atoms with van der Waals surface area (Å²) in [6.07, 6.45) is 2.32. The number of pyridine rings is 1. The van der Waals surface area contributed by atoms with Crippen molar-refractivity contribution >= 4 is 29.4 Å². The second-order valence-electron chi connectivity index (χ2n) is 7.49. The van der Waals surface area contributed by atoms with Crippen LogP contribution in [0, 0.1) is 6.92 Å². The number of hydrogen-bond donors (Lipinski definition) is 2. The van der Waals surface area contributed by atoms with Gasteiger partial charge in [0, 0.05) is 50.7 Å². The summed E-state index contributed by atoms with van der Waals surface area (Å²) in [4.78, 5) is 44.7. The summed E-state index contributed by atoms with van der Waals surface area (Å²) < 4.78 is 4.99. The summed E-state index contributed by atoms with van der Waals surface area (Å²) in [6, 6.07) is 8.53. The van der Waals surface area contributed by atoms with Crippen molar-refractivity contribution in [2.24, 2.45) is 0 Å². The molecule has 32 heavy (non-hydrogen) atoms. The number of ether oxygens (including phenoxy) is 1. The maximum Gasteiger partial charge on any atom is 0.339 e. The Morgan fingerprint density at radius 2 is 1.84 bits per heavy atom. The van der Waals surface area contributed by atoms with Crippen molar-refractivity contribution < 1.29 is 19.1 Å². The molecule has 0 atom stereocenters. The van der Waals surface area contributed by atoms with Crippen LogP contribution < -0.4 is 15.5 Å². The van der Waals surface area contributed by atoms with Gasteiger partial charge in [0.2, 0.25) is 0 Å². The van der Waals surface area contributed by atoms with Crippen LogP contribution >= 0.6 is 0 Å². The molecular formula is C23H29N5O4. The predicted octanol–water partition coefficient (Wildman–Crippen LogP) is 2.67. The van der Waals surface area contributed by atoms with Crippen molar-refractivity contribution in [3.05, 3.63) is 53.2 Å². The van der Waals surface area contributed by atoms with Gasteiger partial charge in [0.25, 0.3) is 5.91 Å². The van der Waals surface area contributed by atoms with Crippen molar-refractivity contribution in [1.82, 2.24) is 15.2 Å². The van der Waals surface area contributed by atoms with Gasteiger partial charge in [0.1, 0.15) is 5.82 Å². The molecule has 0 bridgehead atoms. The number of urea groups is 1. The summed E-state index contributed by atoms with van der Waals surface area (Å²) >= 11 is 0. The Labute approximate surface area is 187 Å². The molecule has 2 aromatic rings. The van der Waals surface area contributed by atoms with Crippen LogP contribution in [0.4, 0.5) is 16.3 Å². The molecule has 3 amide bonds. The summed E-state index contributed by atoms with van der Waals surface area (Å²) in [5.41, 5.74) is 2.47. The monoisotopic (exact) mass is 439 g/mol. The zero-order valence-electron chi connectivity index (χ0n) is 18.7. The number of nitrogens with zero attached hydrogens (tertiary/aromatic N) is 3. The predicted molar refractivity (Wildman–Crippen MR) is 122 cm³/mol. The van der Waals surface area contributed by atoms with E-state index in [9.17, 15) is 14.4 Å². The van der Waals surface area contributed by atoms with E-state index in [0.717, 1.165) is 24.3 Å². The van der Waals surface area contributed by atoms with E-state index in [-0.39, 0.29) is 17.9 Å². The van der Waals surface area contributed by atoms with E-state index in [1.54, 1.807) is 49.2 Å². The minimum atomic E-state index is -0.385. The van der Waals surface area contributed by atoms with E-state index in [2.05, 4.69) is 20.5 Å². The third kappa shape index (κ3) is 5.54. The first-order valence-electron chi connectivity index (χ1n) is 10.7. The number of esters is 1. The molecule has 0 unspecified atom stereocenters. The van der Waals surface area contributed by atoms with Crippen LogP contribution in [-0.4, -0.2) is 67.6 Å². The van der Waals surface area contributed by atoms with Gasteiger partial charge in [-0.2, -0.15) is 0 Å². The largest absolute Gasteiger partial charge is 0.462 e. The number of nitrogens with one attached hydrogen (secondary N) is 2. The van der Waals surface area contributed by atoms with Crippen molar-refractivity contribution in [3.63, 3.8) is 0 Å². The third-order valence-electron chi connectivity index (χ3n) is 5.32. The highest BCUT2D eigenvalue weighted by Gasteiger charge is 2.21. The Kier molecular flexibility index (Phi) is 7.64. The molecule has 9 heteroatoms. The Morgan fingerprint density at radius 3 is 2.50 bits per heavy atom. The van der Waals surface area contributed by atoms with E-state index in [0.29, 0.717) is 43.1 Å². The van der Waals surface area contributed by atoms with Gasteiger partial charge in [-0.15, -0.1) is 0 Å². The molecule has 2 heterocycles. The van der Waals surface area contributed by atoms with Gasteiger partial charge >= 0.3 is 12.0 Å². The Balaban J connectivity index is 1.59. The molecule has 0 aliphatic carbocycles. The lowest BCUT2D eigenvalue weighted by Gasteiger charge is -2.23. The molecule has 9 nitrogen and oxygen atoms in total. The molecule has 0 spiro atoms. The molecule has 1 aromatic heterocycles. The zero-order chi connectivity index (χ0) is 23.1. The smallest absolute Gasteiger partial charge is 0.339 e. The molecule has 2 N–H and O–H groups in total. The number of anilines is 2. The van der Waals surface area contributed by atoms with Gasteiger partial charge in [-0.3, -0.25) is 4.79 Å². The SMILES string of the molecule is CCOC(=O)c1ccc(N2CCCN(C(=O)Nc3ccc(C(=O)NC)cc3C)CC2)nc1. The van der Waals surface area contributed by atoms with Crippen LogP contribution in [0.15, 0.2) is 36.5 Å². The molecule has 1 fully saturated rings. The minimum absolute atomic E-state index is 0.164. The second kappa shape index (κ2) is 10.6. The molecule has 1 aliphatic heterocycles. The van der Waals surface area contributed by atoms with Crippen LogP contribution in [0.25, 0.3) is 0 Å². The lowest BCUT2D eigenvalue weighted by atomic mass is 10.1. The van der Waals surface area contributed by atoms with Gasteiger partial charge in [-0.1, -0.05) is 0 Å². The number of aromatic nitrogens is 1. The van der Waals surface area contributed by atoms with Gasteiger partial charge in [-0.25, -0.2) is 14.6 Å². The standard InChI is InChI=1S/C23H29N5O4/c1-4-32-22(30)18-7-9-20(25-15-18)27-10-5-11-28(13-12-27)23(31)26-19-8-6-17(14-16(19)2)21(29)24-3/h6-9,14-15H,4-5,10-13H2,1-3H3,(H,24,29)(H,26,31). The number of aryl methyl sites for hydroxylation is 1. The van der Waals surface area contributed by atoms with Crippen LogP contribution in [0.2, 0.25) is 0 Å². The fourth-order valence-electron chi connectivity index (χ4n) is 3.54. The molecule has 0 saturated carbocycles. The van der Waals surface area contributed by atoms with Gasteiger partial charge in [-0.05, 0) is 56.2 Å². The third-order valence-corrected chi connectivity index (χ3v) is 5.32. The average molecular weight is 440 g/mol. The van der Waals surface area contributed by atoms with Crippen LogP contribution in [0.5, 0.6) is 0 Å². The van der Waals surface area contributed by atoms with E-state index in [1.807, 2.05) is 6.92 Å². The molecule has 1 aromatic carbocycles. The maximum atomic E-state index is 12.8. The average Bonchev–Trinajstić information content (AvgIpc) is 3.06. The fourth-order valence-corrected chi connectivity index (χ4v) is 3.54. The fraction of sp³-hybridized carbons (Fsp3) is 0.391. The highest BCUT2D eigenvalue weighted by molar-refractivity contribution is 5.96. The first kappa shape index (κ1) is 23.1. The van der Waals surface area contributed by atoms with Crippen molar-refractivity contribution in [3.8, 4) is 0 Å². The van der Waals surface area contributed by atoms with Crippen molar-refractivity contribution in [1.29, 1.82) is 0 Å². The zero-order valence-corrected chi connectivity index (χ0v) is 18.7. The summed E-state index contributed by atoms with van der Waals surface area (Å²) in [6.45, 7) is 6.50. The van der Waals surface area contributed by atoms with Gasteiger partial charge in [0.15, 0.2) is 0 Å². The van der Waals surface area contributed by atoms with Crippen LogP contribution in [-0.2, 0) is 4.74 Å². The number of rotatable bonds is 5. The van der Waals surface area contributed by atoms with E-state index < -0.39 is 0 Å². The lowest BCUT2D eigenvalue weighted by molar-refractivity contribution is 0.0525. The lowest BCUT2D eigenvalue weighted by Crippen LogP contribution is -2.38. The molecule has 0 radical (unpaired) electrons. The summed E-state index contributed by atoms with van der Waals surface area (Å²) in [7, 11) is 1.58. The summed E-state index contributed by atoms with van der Waals surface area (Å²) in [5.74, 6) is 0.215. The minimum Gasteiger partial charge on any atom is -0.462 e. The van der Waals surface area contributed by atoms with E-state index in [1.165, 1.54) is 6.20 Å². The number of carbonyl (C=O) groups excluding carboxylic acids is 3. The highest BCUT2D eigenvalue weighted by Crippen LogP contribution is 2.19.